The molecule has 0 aromatic heterocycles. The number of ketones is 1. The Hall–Kier alpha value is -1.39. The SMILES string of the molecule is CCOC(=O)C(C(C)=O)N1CCCC1=O. The molecule has 0 aromatic carbocycles. The molecule has 1 atom stereocenters. The van der Waals surface area contributed by atoms with E-state index in [-0.39, 0.29) is 18.3 Å². The van der Waals surface area contributed by atoms with E-state index in [4.69, 9.17) is 4.74 Å². The zero-order valence-corrected chi connectivity index (χ0v) is 8.99. The highest BCUT2D eigenvalue weighted by molar-refractivity contribution is 6.05. The van der Waals surface area contributed by atoms with E-state index in [1.165, 1.54) is 11.8 Å². The van der Waals surface area contributed by atoms with Crippen molar-refractivity contribution in [1.29, 1.82) is 0 Å². The Labute approximate surface area is 88.4 Å². The number of Topliss-reactive ketones (excluding diaryl/α,β-unsaturated/α-hetero) is 1. The topological polar surface area (TPSA) is 63.7 Å². The van der Waals surface area contributed by atoms with Crippen LogP contribution in [0.25, 0.3) is 0 Å². The van der Waals surface area contributed by atoms with Crippen LogP contribution in [0.1, 0.15) is 26.7 Å². The monoisotopic (exact) mass is 213 g/mol. The fourth-order valence-electron chi connectivity index (χ4n) is 1.68. The predicted octanol–water partition coefficient (Wildman–Crippen LogP) is 0.129. The van der Waals surface area contributed by atoms with Crippen LogP contribution in [0.5, 0.6) is 0 Å². The minimum atomic E-state index is -1.04. The van der Waals surface area contributed by atoms with Crippen molar-refractivity contribution < 1.29 is 19.1 Å². The summed E-state index contributed by atoms with van der Waals surface area (Å²) in [5.41, 5.74) is 0. The third kappa shape index (κ3) is 2.55. The van der Waals surface area contributed by atoms with Crippen molar-refractivity contribution in [3.8, 4) is 0 Å². The number of carbonyl (C=O) groups excluding carboxylic acids is 3. The first-order valence-electron chi connectivity index (χ1n) is 5.04. The Balaban J connectivity index is 2.77. The summed E-state index contributed by atoms with van der Waals surface area (Å²) in [6, 6.07) is -1.04. The van der Waals surface area contributed by atoms with Crippen molar-refractivity contribution in [3.63, 3.8) is 0 Å². The van der Waals surface area contributed by atoms with Gasteiger partial charge in [-0.2, -0.15) is 0 Å². The van der Waals surface area contributed by atoms with Crippen molar-refractivity contribution in [2.75, 3.05) is 13.2 Å². The van der Waals surface area contributed by atoms with E-state index in [0.29, 0.717) is 19.4 Å². The van der Waals surface area contributed by atoms with Gasteiger partial charge in [-0.3, -0.25) is 9.59 Å². The van der Waals surface area contributed by atoms with Crippen LogP contribution in [0, 0.1) is 0 Å². The van der Waals surface area contributed by atoms with Crippen molar-refractivity contribution in [1.82, 2.24) is 4.90 Å². The maximum absolute atomic E-state index is 11.5. The summed E-state index contributed by atoms with van der Waals surface area (Å²) in [5, 5.41) is 0. The second-order valence-electron chi connectivity index (χ2n) is 3.46. The Morgan fingerprint density at radius 3 is 2.60 bits per heavy atom. The van der Waals surface area contributed by atoms with Gasteiger partial charge in [0.2, 0.25) is 5.91 Å². The van der Waals surface area contributed by atoms with E-state index in [1.54, 1.807) is 6.92 Å². The van der Waals surface area contributed by atoms with E-state index in [2.05, 4.69) is 0 Å². The van der Waals surface area contributed by atoms with Crippen molar-refractivity contribution >= 4 is 17.7 Å². The average molecular weight is 213 g/mol. The molecule has 1 rings (SSSR count). The van der Waals surface area contributed by atoms with E-state index in [0.717, 1.165) is 0 Å². The van der Waals surface area contributed by atoms with Crippen LogP contribution in [0.2, 0.25) is 0 Å². The Morgan fingerprint density at radius 2 is 2.20 bits per heavy atom. The van der Waals surface area contributed by atoms with Gasteiger partial charge in [-0.05, 0) is 20.3 Å². The quantitative estimate of drug-likeness (QED) is 0.492. The van der Waals surface area contributed by atoms with Crippen LogP contribution < -0.4 is 0 Å². The van der Waals surface area contributed by atoms with Gasteiger partial charge < -0.3 is 9.64 Å². The number of hydrogen-bond donors (Lipinski definition) is 0. The largest absolute Gasteiger partial charge is 0.464 e. The summed E-state index contributed by atoms with van der Waals surface area (Å²) >= 11 is 0. The van der Waals surface area contributed by atoms with Gasteiger partial charge in [-0.15, -0.1) is 0 Å². The van der Waals surface area contributed by atoms with Gasteiger partial charge in [-0.25, -0.2) is 4.79 Å². The number of likely N-dealkylation sites (tertiary alicyclic amines) is 1. The average Bonchev–Trinajstić information content (AvgIpc) is 2.52. The zero-order valence-electron chi connectivity index (χ0n) is 8.99. The molecular weight excluding hydrogens is 198 g/mol. The molecule has 0 N–H and O–H groups in total. The highest BCUT2D eigenvalue weighted by atomic mass is 16.5. The number of esters is 1. The molecule has 1 aliphatic heterocycles. The second-order valence-corrected chi connectivity index (χ2v) is 3.46. The summed E-state index contributed by atoms with van der Waals surface area (Å²) < 4.78 is 4.77. The molecule has 5 heteroatoms. The first-order valence-corrected chi connectivity index (χ1v) is 5.04. The van der Waals surface area contributed by atoms with Gasteiger partial charge in [0.25, 0.3) is 0 Å². The maximum Gasteiger partial charge on any atom is 0.336 e. The van der Waals surface area contributed by atoms with Gasteiger partial charge in [0.1, 0.15) is 0 Å². The van der Waals surface area contributed by atoms with E-state index < -0.39 is 12.0 Å². The molecule has 0 aromatic rings. The summed E-state index contributed by atoms with van der Waals surface area (Å²) in [7, 11) is 0. The summed E-state index contributed by atoms with van der Waals surface area (Å²) in [5.74, 6) is -1.12. The number of ether oxygens (including phenoxy) is 1. The lowest BCUT2D eigenvalue weighted by atomic mass is 10.2. The van der Waals surface area contributed by atoms with Crippen LogP contribution >= 0.6 is 0 Å². The van der Waals surface area contributed by atoms with Crippen LogP contribution in [-0.4, -0.2) is 41.8 Å². The van der Waals surface area contributed by atoms with E-state index >= 15 is 0 Å². The zero-order chi connectivity index (χ0) is 11.4. The van der Waals surface area contributed by atoms with Crippen molar-refractivity contribution in [2.24, 2.45) is 0 Å². The standard InChI is InChI=1S/C10H15NO4/c1-3-15-10(14)9(7(2)12)11-6-4-5-8(11)13/h9H,3-6H2,1-2H3. The fourth-order valence-corrected chi connectivity index (χ4v) is 1.68. The molecule has 1 heterocycles. The molecule has 0 radical (unpaired) electrons. The molecule has 1 unspecified atom stereocenters. The number of carbonyl (C=O) groups is 3. The lowest BCUT2D eigenvalue weighted by Gasteiger charge is -2.23. The van der Waals surface area contributed by atoms with Crippen molar-refractivity contribution in [2.45, 2.75) is 32.7 Å². The van der Waals surface area contributed by atoms with E-state index in [9.17, 15) is 14.4 Å². The number of hydrogen-bond acceptors (Lipinski definition) is 4. The number of rotatable bonds is 4. The summed E-state index contributed by atoms with van der Waals surface area (Å²) in [4.78, 5) is 35.5. The summed E-state index contributed by atoms with van der Waals surface area (Å²) in [6.07, 6.45) is 1.10. The minimum absolute atomic E-state index is 0.150. The fraction of sp³-hybridized carbons (Fsp3) is 0.700. The third-order valence-corrected chi connectivity index (χ3v) is 2.32. The third-order valence-electron chi connectivity index (χ3n) is 2.32. The molecule has 1 saturated heterocycles. The maximum atomic E-state index is 11.5. The van der Waals surface area contributed by atoms with Gasteiger partial charge >= 0.3 is 5.97 Å². The van der Waals surface area contributed by atoms with Crippen LogP contribution in [0.15, 0.2) is 0 Å². The normalized spacial score (nSPS) is 17.7. The molecule has 0 bridgehead atoms. The second kappa shape index (κ2) is 4.91. The minimum Gasteiger partial charge on any atom is -0.464 e. The molecule has 1 aliphatic rings. The molecule has 0 aliphatic carbocycles. The van der Waals surface area contributed by atoms with Crippen molar-refractivity contribution in [3.05, 3.63) is 0 Å². The molecule has 0 spiro atoms. The number of amides is 1. The first kappa shape index (κ1) is 11.7. The molecule has 15 heavy (non-hydrogen) atoms. The van der Waals surface area contributed by atoms with E-state index in [1.807, 2.05) is 0 Å². The molecular formula is C10H15NO4. The predicted molar refractivity (Wildman–Crippen MR) is 52.0 cm³/mol. The Morgan fingerprint density at radius 1 is 1.53 bits per heavy atom. The first-order chi connectivity index (χ1) is 7.07. The molecule has 1 fully saturated rings. The Bertz CT molecular complexity index is 287. The highest BCUT2D eigenvalue weighted by Gasteiger charge is 2.36. The Kier molecular flexibility index (Phi) is 3.82. The van der Waals surface area contributed by atoms with Crippen LogP contribution in [-0.2, 0) is 19.1 Å². The van der Waals surface area contributed by atoms with Gasteiger partial charge in [0.05, 0.1) is 6.61 Å². The summed E-state index contributed by atoms with van der Waals surface area (Å²) in [6.45, 7) is 3.64. The van der Waals surface area contributed by atoms with Gasteiger partial charge in [0, 0.05) is 13.0 Å². The molecule has 84 valence electrons. The lowest BCUT2D eigenvalue weighted by molar-refractivity contribution is -0.156. The van der Waals surface area contributed by atoms with Crippen LogP contribution in [0.4, 0.5) is 0 Å². The highest BCUT2D eigenvalue weighted by Crippen LogP contribution is 2.15. The lowest BCUT2D eigenvalue weighted by Crippen LogP contribution is -2.47. The van der Waals surface area contributed by atoms with Gasteiger partial charge in [-0.1, -0.05) is 0 Å². The molecule has 0 saturated carbocycles. The number of nitrogens with zero attached hydrogens (tertiary/aromatic N) is 1. The smallest absolute Gasteiger partial charge is 0.336 e. The van der Waals surface area contributed by atoms with Crippen LogP contribution in [0.3, 0.4) is 0 Å². The molecule has 5 nitrogen and oxygen atoms in total. The van der Waals surface area contributed by atoms with Gasteiger partial charge in [0.15, 0.2) is 11.8 Å². The molecule has 1 amide bonds.